The van der Waals surface area contributed by atoms with E-state index < -0.39 is 18.0 Å². The van der Waals surface area contributed by atoms with Crippen molar-refractivity contribution in [1.82, 2.24) is 10.6 Å². The first-order valence-corrected chi connectivity index (χ1v) is 10.6. The minimum atomic E-state index is -0.660. The molecular formula is C25H22N2O4S. The van der Waals surface area contributed by atoms with Crippen molar-refractivity contribution in [3.8, 4) is 5.75 Å². The molecular weight excluding hydrogens is 424 g/mol. The van der Waals surface area contributed by atoms with Crippen LogP contribution in [-0.4, -0.2) is 23.7 Å². The van der Waals surface area contributed by atoms with E-state index in [-0.39, 0.29) is 6.61 Å². The zero-order valence-electron chi connectivity index (χ0n) is 17.7. The first-order chi connectivity index (χ1) is 15.5. The van der Waals surface area contributed by atoms with Crippen LogP contribution in [0.2, 0.25) is 0 Å². The number of hydrogen-bond donors (Lipinski definition) is 2. The predicted molar refractivity (Wildman–Crippen MR) is 126 cm³/mol. The molecule has 6 nitrogen and oxygen atoms in total. The topological polar surface area (TPSA) is 76.7 Å². The monoisotopic (exact) mass is 446 g/mol. The average molecular weight is 447 g/mol. The minimum absolute atomic E-state index is 0.234. The highest BCUT2D eigenvalue weighted by molar-refractivity contribution is 7.80. The van der Waals surface area contributed by atoms with Crippen molar-refractivity contribution in [3.05, 3.63) is 89.1 Å². The SMILES string of the molecule is CCOC(=O)C1=C(C)NC(=S)NC1c1c(OC(=O)c2ccccc2)ccc2ccccc12. The van der Waals surface area contributed by atoms with Crippen LogP contribution in [0.1, 0.15) is 35.8 Å². The van der Waals surface area contributed by atoms with Crippen LogP contribution in [0.3, 0.4) is 0 Å². The molecule has 0 fully saturated rings. The van der Waals surface area contributed by atoms with Crippen LogP contribution in [-0.2, 0) is 9.53 Å². The van der Waals surface area contributed by atoms with Gasteiger partial charge in [-0.1, -0.05) is 48.5 Å². The van der Waals surface area contributed by atoms with Crippen LogP contribution < -0.4 is 15.4 Å². The molecule has 0 aromatic heterocycles. The van der Waals surface area contributed by atoms with Crippen molar-refractivity contribution in [1.29, 1.82) is 0 Å². The molecule has 1 atom stereocenters. The summed E-state index contributed by atoms with van der Waals surface area (Å²) in [7, 11) is 0. The van der Waals surface area contributed by atoms with Crippen LogP contribution in [0.25, 0.3) is 10.8 Å². The number of carbonyl (C=O) groups excluding carboxylic acids is 2. The maximum Gasteiger partial charge on any atom is 0.343 e. The summed E-state index contributed by atoms with van der Waals surface area (Å²) in [6.45, 7) is 3.76. The van der Waals surface area contributed by atoms with Crippen molar-refractivity contribution in [2.45, 2.75) is 19.9 Å². The Morgan fingerprint density at radius 3 is 2.44 bits per heavy atom. The number of hydrogen-bond acceptors (Lipinski definition) is 5. The first kappa shape index (κ1) is 21.5. The number of esters is 2. The highest BCUT2D eigenvalue weighted by Gasteiger charge is 2.34. The summed E-state index contributed by atoms with van der Waals surface area (Å²) in [4.78, 5) is 25.7. The molecule has 7 heteroatoms. The second-order valence-corrected chi connectivity index (χ2v) is 7.65. The number of fused-ring (bicyclic) bond motifs is 1. The smallest absolute Gasteiger partial charge is 0.343 e. The van der Waals surface area contributed by atoms with Crippen molar-refractivity contribution in [2.75, 3.05) is 6.61 Å². The van der Waals surface area contributed by atoms with Gasteiger partial charge in [-0.25, -0.2) is 9.59 Å². The summed E-state index contributed by atoms with van der Waals surface area (Å²) >= 11 is 5.38. The summed E-state index contributed by atoms with van der Waals surface area (Å²) in [5.74, 6) is -0.614. The third kappa shape index (κ3) is 4.20. The maximum absolute atomic E-state index is 12.9. The van der Waals surface area contributed by atoms with Gasteiger partial charge in [0.25, 0.3) is 0 Å². The van der Waals surface area contributed by atoms with E-state index in [4.69, 9.17) is 21.7 Å². The van der Waals surface area contributed by atoms with Gasteiger partial charge < -0.3 is 20.1 Å². The molecule has 0 saturated carbocycles. The lowest BCUT2D eigenvalue weighted by atomic mass is 9.90. The van der Waals surface area contributed by atoms with Gasteiger partial charge in [-0.2, -0.15) is 0 Å². The molecule has 3 aromatic rings. The molecule has 0 bridgehead atoms. The molecule has 2 N–H and O–H groups in total. The minimum Gasteiger partial charge on any atom is -0.463 e. The lowest BCUT2D eigenvalue weighted by Gasteiger charge is -2.31. The van der Waals surface area contributed by atoms with Crippen LogP contribution in [0.15, 0.2) is 78.0 Å². The lowest BCUT2D eigenvalue weighted by molar-refractivity contribution is -0.139. The number of benzene rings is 3. The van der Waals surface area contributed by atoms with Crippen molar-refractivity contribution < 1.29 is 19.1 Å². The van der Waals surface area contributed by atoms with Gasteiger partial charge in [-0.3, -0.25) is 0 Å². The second-order valence-electron chi connectivity index (χ2n) is 7.24. The predicted octanol–water partition coefficient (Wildman–Crippen LogP) is 4.41. The molecule has 0 radical (unpaired) electrons. The fourth-order valence-electron chi connectivity index (χ4n) is 3.79. The van der Waals surface area contributed by atoms with Crippen LogP contribution >= 0.6 is 12.2 Å². The van der Waals surface area contributed by atoms with E-state index in [1.165, 1.54) is 0 Å². The van der Waals surface area contributed by atoms with E-state index in [0.717, 1.165) is 10.8 Å². The standard InChI is InChI=1S/C25H22N2O4S/c1-3-30-24(29)20-15(2)26-25(32)27-22(20)21-18-12-8-7-9-16(18)13-14-19(21)31-23(28)17-10-5-4-6-11-17/h4-14,22H,3H2,1-2H3,(H2,26,27,32). The van der Waals surface area contributed by atoms with Crippen LogP contribution in [0.4, 0.5) is 0 Å². The molecule has 3 aromatic carbocycles. The third-order valence-electron chi connectivity index (χ3n) is 5.20. The summed E-state index contributed by atoms with van der Waals surface area (Å²) in [5.41, 5.74) is 2.04. The van der Waals surface area contributed by atoms with Crippen molar-refractivity contribution in [2.24, 2.45) is 0 Å². The molecule has 1 aliphatic rings. The Hall–Kier alpha value is -3.71. The Kier molecular flexibility index (Phi) is 6.18. The van der Waals surface area contributed by atoms with Crippen LogP contribution in [0.5, 0.6) is 5.75 Å². The Morgan fingerprint density at radius 2 is 1.69 bits per heavy atom. The number of nitrogens with one attached hydrogen (secondary N) is 2. The van der Waals surface area contributed by atoms with E-state index in [1.54, 1.807) is 44.2 Å². The normalized spacial score (nSPS) is 15.7. The molecule has 32 heavy (non-hydrogen) atoms. The molecule has 162 valence electrons. The van der Waals surface area contributed by atoms with Gasteiger partial charge >= 0.3 is 11.9 Å². The van der Waals surface area contributed by atoms with Crippen LogP contribution in [0, 0.1) is 0 Å². The fraction of sp³-hybridized carbons (Fsp3) is 0.160. The first-order valence-electron chi connectivity index (χ1n) is 10.2. The summed E-state index contributed by atoms with van der Waals surface area (Å²) in [6.07, 6.45) is 0. The number of allylic oxidation sites excluding steroid dienone is 1. The highest BCUT2D eigenvalue weighted by atomic mass is 32.1. The Morgan fingerprint density at radius 1 is 0.969 bits per heavy atom. The van der Waals surface area contributed by atoms with Gasteiger partial charge in [0.1, 0.15) is 5.75 Å². The van der Waals surface area contributed by atoms with Gasteiger partial charge in [0.05, 0.1) is 23.8 Å². The zero-order valence-corrected chi connectivity index (χ0v) is 18.5. The largest absolute Gasteiger partial charge is 0.463 e. The summed E-state index contributed by atoms with van der Waals surface area (Å²) in [6, 6.07) is 19.4. The number of thiocarbonyl (C=S) groups is 1. The third-order valence-corrected chi connectivity index (χ3v) is 5.42. The second kappa shape index (κ2) is 9.20. The van der Waals surface area contributed by atoms with Gasteiger partial charge in [0.2, 0.25) is 0 Å². The molecule has 4 rings (SSSR count). The van der Waals surface area contributed by atoms with E-state index in [9.17, 15) is 9.59 Å². The van der Waals surface area contributed by atoms with E-state index in [1.807, 2.05) is 36.4 Å². The van der Waals surface area contributed by atoms with Crippen molar-refractivity contribution in [3.63, 3.8) is 0 Å². The molecule has 0 saturated heterocycles. The molecule has 0 spiro atoms. The highest BCUT2D eigenvalue weighted by Crippen LogP contribution is 2.39. The molecule has 1 aliphatic heterocycles. The van der Waals surface area contributed by atoms with Gasteiger partial charge in [-0.05, 0) is 55.0 Å². The summed E-state index contributed by atoms with van der Waals surface area (Å²) < 4.78 is 11.1. The molecule has 0 amide bonds. The fourth-order valence-corrected chi connectivity index (χ4v) is 4.06. The number of carbonyl (C=O) groups is 2. The molecule has 1 heterocycles. The van der Waals surface area contributed by atoms with E-state index in [2.05, 4.69) is 10.6 Å². The van der Waals surface area contributed by atoms with Gasteiger partial charge in [0.15, 0.2) is 5.11 Å². The Labute approximate surface area is 191 Å². The number of rotatable bonds is 5. The zero-order chi connectivity index (χ0) is 22.7. The van der Waals surface area contributed by atoms with Gasteiger partial charge in [-0.15, -0.1) is 0 Å². The quantitative estimate of drug-likeness (QED) is 0.341. The van der Waals surface area contributed by atoms with Crippen molar-refractivity contribution >= 4 is 40.0 Å². The number of ether oxygens (including phenoxy) is 2. The molecule has 0 aliphatic carbocycles. The van der Waals surface area contributed by atoms with E-state index in [0.29, 0.717) is 33.3 Å². The van der Waals surface area contributed by atoms with E-state index >= 15 is 0 Å². The molecule has 1 unspecified atom stereocenters. The maximum atomic E-state index is 12.9. The average Bonchev–Trinajstić information content (AvgIpc) is 2.79. The van der Waals surface area contributed by atoms with Gasteiger partial charge in [0, 0.05) is 11.3 Å². The lowest BCUT2D eigenvalue weighted by Crippen LogP contribution is -2.45. The Bertz CT molecular complexity index is 1240. The Balaban J connectivity index is 1.88. The summed E-state index contributed by atoms with van der Waals surface area (Å²) in [5, 5.41) is 8.31.